The van der Waals surface area contributed by atoms with Crippen molar-refractivity contribution >= 4 is 11.3 Å². The molecule has 2 heteroatoms. The van der Waals surface area contributed by atoms with E-state index in [0.29, 0.717) is 17.0 Å². The van der Waals surface area contributed by atoms with Gasteiger partial charge in [0.2, 0.25) is 0 Å². The van der Waals surface area contributed by atoms with Gasteiger partial charge >= 0.3 is 0 Å². The third kappa shape index (κ3) is 5.20. The highest BCUT2D eigenvalue weighted by Gasteiger charge is 2.34. The molecule has 0 aliphatic heterocycles. The summed E-state index contributed by atoms with van der Waals surface area (Å²) < 4.78 is 0. The summed E-state index contributed by atoms with van der Waals surface area (Å²) in [5.74, 6) is 0.525. The predicted molar refractivity (Wildman–Crippen MR) is 110 cm³/mol. The van der Waals surface area contributed by atoms with E-state index < -0.39 is 0 Å². The Balaban J connectivity index is 3.22. The highest BCUT2D eigenvalue weighted by Crippen LogP contribution is 2.47. The minimum Gasteiger partial charge on any atom is -0.411 e. The van der Waals surface area contributed by atoms with Crippen LogP contribution in [0.15, 0.2) is 36.0 Å². The van der Waals surface area contributed by atoms with E-state index in [4.69, 9.17) is 5.21 Å². The topological polar surface area (TPSA) is 32.6 Å². The number of allylic oxidation sites excluding steroid dienone is 1. The van der Waals surface area contributed by atoms with Crippen molar-refractivity contribution in [3.63, 3.8) is 0 Å². The van der Waals surface area contributed by atoms with Crippen molar-refractivity contribution in [2.24, 2.45) is 16.0 Å². The quantitative estimate of drug-likeness (QED) is 0.285. The summed E-state index contributed by atoms with van der Waals surface area (Å²) in [6.45, 7) is 19.9. The fraction of sp³-hybridized carbons (Fsp3) is 0.609. The van der Waals surface area contributed by atoms with E-state index in [1.54, 1.807) is 6.92 Å². The van der Waals surface area contributed by atoms with Gasteiger partial charge in [-0.3, -0.25) is 0 Å². The zero-order valence-electron chi connectivity index (χ0n) is 17.3. The minimum absolute atomic E-state index is 0.257. The van der Waals surface area contributed by atoms with Crippen LogP contribution in [0.3, 0.4) is 0 Å². The van der Waals surface area contributed by atoms with Crippen LogP contribution in [0, 0.1) is 10.8 Å². The summed E-state index contributed by atoms with van der Waals surface area (Å²) in [6, 6.07) is 8.69. The highest BCUT2D eigenvalue weighted by atomic mass is 16.4. The molecular weight excluding hydrogens is 306 g/mol. The maximum Gasteiger partial charge on any atom is 0.0836 e. The van der Waals surface area contributed by atoms with Crippen LogP contribution in [-0.2, 0) is 0 Å². The van der Waals surface area contributed by atoms with Crippen molar-refractivity contribution in [1.82, 2.24) is 0 Å². The van der Waals surface area contributed by atoms with Gasteiger partial charge < -0.3 is 5.21 Å². The van der Waals surface area contributed by atoms with Crippen molar-refractivity contribution < 1.29 is 5.21 Å². The molecule has 0 radical (unpaired) electrons. The second kappa shape index (κ2) is 8.69. The number of oxime groups is 1. The summed E-state index contributed by atoms with van der Waals surface area (Å²) in [7, 11) is 0. The minimum atomic E-state index is 0.257. The fourth-order valence-electron chi connectivity index (χ4n) is 3.31. The number of rotatable bonds is 9. The van der Waals surface area contributed by atoms with Gasteiger partial charge in [-0.2, -0.15) is 0 Å². The molecule has 0 spiro atoms. The molecule has 0 amide bonds. The monoisotopic (exact) mass is 343 g/mol. The first-order valence-corrected chi connectivity index (χ1v) is 9.62. The van der Waals surface area contributed by atoms with Gasteiger partial charge in [0.1, 0.15) is 0 Å². The van der Waals surface area contributed by atoms with Crippen molar-refractivity contribution in [3.8, 4) is 0 Å². The molecule has 140 valence electrons. The molecule has 1 rings (SSSR count). The average Bonchev–Trinajstić information content (AvgIpc) is 2.64. The van der Waals surface area contributed by atoms with E-state index in [-0.39, 0.29) is 5.41 Å². The van der Waals surface area contributed by atoms with E-state index in [9.17, 15) is 0 Å². The maximum atomic E-state index is 8.96. The predicted octanol–water partition coefficient (Wildman–Crippen LogP) is 7.29. The Morgan fingerprint density at radius 3 is 1.96 bits per heavy atom. The van der Waals surface area contributed by atoms with Gasteiger partial charge in [-0.15, -0.1) is 0 Å². The Kier molecular flexibility index (Phi) is 7.46. The molecule has 1 aromatic rings. The SMILES string of the molecule is C=C(/C(C)=N/O)c1ccc(C(CC(C)(CC)CC)C(C)(C)CC)cc1. The molecule has 0 aromatic heterocycles. The molecule has 0 bridgehead atoms. The van der Waals surface area contributed by atoms with Gasteiger partial charge in [-0.1, -0.05) is 96.8 Å². The van der Waals surface area contributed by atoms with E-state index in [1.807, 2.05) is 0 Å². The zero-order valence-corrected chi connectivity index (χ0v) is 17.3. The summed E-state index contributed by atoms with van der Waals surface area (Å²) in [5, 5.41) is 12.2. The number of hydrogen-bond donors (Lipinski definition) is 1. The van der Waals surface area contributed by atoms with E-state index in [2.05, 4.69) is 77.5 Å². The van der Waals surface area contributed by atoms with E-state index in [0.717, 1.165) is 17.6 Å². The van der Waals surface area contributed by atoms with Crippen LogP contribution in [0.25, 0.3) is 5.57 Å². The lowest BCUT2D eigenvalue weighted by atomic mass is 9.64. The molecular formula is C23H37NO. The van der Waals surface area contributed by atoms with Crippen molar-refractivity contribution in [3.05, 3.63) is 42.0 Å². The number of benzene rings is 1. The molecule has 0 saturated carbocycles. The van der Waals surface area contributed by atoms with Crippen LogP contribution < -0.4 is 0 Å². The first-order chi connectivity index (χ1) is 11.6. The van der Waals surface area contributed by atoms with Crippen molar-refractivity contribution in [2.45, 2.75) is 80.1 Å². The Hall–Kier alpha value is -1.57. The molecule has 1 aromatic carbocycles. The van der Waals surface area contributed by atoms with Crippen LogP contribution in [-0.4, -0.2) is 10.9 Å². The summed E-state index contributed by atoms with van der Waals surface area (Å²) in [6.07, 6.45) is 4.78. The molecule has 2 nitrogen and oxygen atoms in total. The van der Waals surface area contributed by atoms with Gasteiger partial charge in [0.25, 0.3) is 0 Å². The summed E-state index contributed by atoms with van der Waals surface area (Å²) in [5.41, 5.74) is 4.37. The molecule has 1 atom stereocenters. The Bertz CT molecular complexity index is 591. The van der Waals surface area contributed by atoms with Crippen molar-refractivity contribution in [2.75, 3.05) is 0 Å². The zero-order chi connectivity index (χ0) is 19.3. The molecule has 25 heavy (non-hydrogen) atoms. The lowest BCUT2D eigenvalue weighted by molar-refractivity contribution is 0.169. The molecule has 0 fully saturated rings. The first kappa shape index (κ1) is 21.5. The normalized spacial score (nSPS) is 14.4. The fourth-order valence-corrected chi connectivity index (χ4v) is 3.31. The standard InChI is InChI=1S/C23H37NO/c1-9-22(6,7)21(16-23(8,10-2)11-3)20-14-12-19(13-15-20)17(4)18(5)24-25/h12-15,21,25H,4,9-11,16H2,1-3,5-8H3/b24-18+. The second-order valence-electron chi connectivity index (χ2n) is 8.40. The van der Waals surface area contributed by atoms with Crippen LogP contribution in [0.1, 0.15) is 91.2 Å². The van der Waals surface area contributed by atoms with Crippen LogP contribution in [0.2, 0.25) is 0 Å². The Morgan fingerprint density at radius 2 is 1.56 bits per heavy atom. The molecule has 0 saturated heterocycles. The van der Waals surface area contributed by atoms with Gasteiger partial charge in [-0.05, 0) is 46.8 Å². The first-order valence-electron chi connectivity index (χ1n) is 9.62. The van der Waals surface area contributed by atoms with E-state index in [1.165, 1.54) is 24.8 Å². The van der Waals surface area contributed by atoms with Gasteiger partial charge in [0, 0.05) is 0 Å². The molecule has 0 heterocycles. The summed E-state index contributed by atoms with van der Waals surface area (Å²) >= 11 is 0. The van der Waals surface area contributed by atoms with Crippen LogP contribution in [0.4, 0.5) is 0 Å². The molecule has 0 aliphatic carbocycles. The average molecular weight is 344 g/mol. The van der Waals surface area contributed by atoms with Gasteiger partial charge in [0.15, 0.2) is 0 Å². The largest absolute Gasteiger partial charge is 0.411 e. The number of nitrogens with zero attached hydrogens (tertiary/aromatic N) is 1. The Labute approximate surface area is 155 Å². The van der Waals surface area contributed by atoms with Gasteiger partial charge in [-0.25, -0.2) is 0 Å². The third-order valence-electron chi connectivity index (χ3n) is 6.51. The second-order valence-corrected chi connectivity index (χ2v) is 8.40. The molecule has 1 N–H and O–H groups in total. The highest BCUT2D eigenvalue weighted by molar-refractivity contribution is 6.21. The Morgan fingerprint density at radius 1 is 1.04 bits per heavy atom. The smallest absolute Gasteiger partial charge is 0.0836 e. The van der Waals surface area contributed by atoms with E-state index >= 15 is 0 Å². The van der Waals surface area contributed by atoms with Crippen molar-refractivity contribution in [1.29, 1.82) is 0 Å². The van der Waals surface area contributed by atoms with Crippen LogP contribution >= 0.6 is 0 Å². The van der Waals surface area contributed by atoms with Crippen LogP contribution in [0.5, 0.6) is 0 Å². The lowest BCUT2D eigenvalue weighted by Crippen LogP contribution is -2.28. The number of hydrogen-bond acceptors (Lipinski definition) is 2. The lowest BCUT2D eigenvalue weighted by Gasteiger charge is -2.40. The summed E-state index contributed by atoms with van der Waals surface area (Å²) in [4.78, 5) is 0. The molecule has 1 unspecified atom stereocenters. The maximum absolute atomic E-state index is 8.96. The molecule has 0 aliphatic rings. The third-order valence-corrected chi connectivity index (χ3v) is 6.51. The van der Waals surface area contributed by atoms with Gasteiger partial charge in [0.05, 0.1) is 5.71 Å².